The van der Waals surface area contributed by atoms with E-state index in [1.54, 1.807) is 6.92 Å². The van der Waals surface area contributed by atoms with Gasteiger partial charge < -0.3 is 4.74 Å². The number of ether oxygens (including phenoxy) is 1. The van der Waals surface area contributed by atoms with Gasteiger partial charge in [-0.2, -0.15) is 15.4 Å². The van der Waals surface area contributed by atoms with Gasteiger partial charge in [0.15, 0.2) is 5.82 Å². The number of aromatic nitrogens is 7. The van der Waals surface area contributed by atoms with Crippen LogP contribution in [-0.2, 0) is 9.53 Å². The van der Waals surface area contributed by atoms with Crippen molar-refractivity contribution in [3.8, 4) is 0 Å². The number of hydrogen-bond donors (Lipinski definition) is 2. The van der Waals surface area contributed by atoms with E-state index < -0.39 is 12.0 Å². The number of aromatic amines is 2. The lowest BCUT2D eigenvalue weighted by atomic mass is 10.3. The summed E-state index contributed by atoms with van der Waals surface area (Å²) in [5.41, 5.74) is 0. The lowest BCUT2D eigenvalue weighted by Gasteiger charge is -2.06. The summed E-state index contributed by atoms with van der Waals surface area (Å²) < 4.78 is 4.85. The Morgan fingerprint density at radius 3 is 3.11 bits per heavy atom. The van der Waals surface area contributed by atoms with Gasteiger partial charge in [-0.3, -0.25) is 5.10 Å². The van der Waals surface area contributed by atoms with Crippen molar-refractivity contribution < 1.29 is 9.53 Å². The molecule has 0 spiro atoms. The molecule has 0 amide bonds. The van der Waals surface area contributed by atoms with Crippen LogP contribution in [0.2, 0.25) is 0 Å². The van der Waals surface area contributed by atoms with E-state index in [0.717, 1.165) is 0 Å². The fourth-order valence-electron chi connectivity index (χ4n) is 1.09. The molecule has 94 valence electrons. The largest absolute Gasteiger partial charge is 0.464 e. The average molecular weight is 251 g/mol. The van der Waals surface area contributed by atoms with Crippen molar-refractivity contribution in [2.24, 2.45) is 10.2 Å². The molecule has 1 unspecified atom stereocenters. The SMILES string of the molecule is CCOC(=O)C(N=Nc1nn[nH]n1)c1ncn[nH]1. The molecule has 2 heterocycles. The highest BCUT2D eigenvalue weighted by molar-refractivity contribution is 5.76. The first-order valence-corrected chi connectivity index (χ1v) is 4.97. The second kappa shape index (κ2) is 5.56. The van der Waals surface area contributed by atoms with Gasteiger partial charge in [0, 0.05) is 0 Å². The van der Waals surface area contributed by atoms with Gasteiger partial charge in [-0.05, 0) is 12.1 Å². The molecular formula is C7H9N9O2. The van der Waals surface area contributed by atoms with Crippen molar-refractivity contribution in [3.05, 3.63) is 12.2 Å². The first-order chi connectivity index (χ1) is 8.81. The number of hydrogen-bond acceptors (Lipinski definition) is 9. The van der Waals surface area contributed by atoms with Crippen LogP contribution in [0.1, 0.15) is 18.8 Å². The number of nitrogens with one attached hydrogen (secondary N) is 2. The first kappa shape index (κ1) is 11.8. The number of H-pyrrole nitrogens is 2. The van der Waals surface area contributed by atoms with Crippen molar-refractivity contribution in [2.45, 2.75) is 13.0 Å². The van der Waals surface area contributed by atoms with Gasteiger partial charge in [0.2, 0.25) is 6.04 Å². The Balaban J connectivity index is 2.17. The van der Waals surface area contributed by atoms with Crippen LogP contribution in [0.4, 0.5) is 5.95 Å². The summed E-state index contributed by atoms with van der Waals surface area (Å²) in [5, 5.41) is 26.2. The van der Waals surface area contributed by atoms with Crippen LogP contribution >= 0.6 is 0 Å². The minimum Gasteiger partial charge on any atom is -0.464 e. The second-order valence-corrected chi connectivity index (χ2v) is 2.95. The van der Waals surface area contributed by atoms with Crippen LogP contribution in [0.5, 0.6) is 0 Å². The van der Waals surface area contributed by atoms with Gasteiger partial charge in [-0.25, -0.2) is 9.78 Å². The molecule has 0 aliphatic heterocycles. The third-order valence-electron chi connectivity index (χ3n) is 1.80. The molecule has 2 rings (SSSR count). The lowest BCUT2D eigenvalue weighted by Crippen LogP contribution is -2.15. The predicted octanol–water partition coefficient (Wildman–Crippen LogP) is -0.294. The zero-order chi connectivity index (χ0) is 12.8. The molecule has 0 saturated carbocycles. The van der Waals surface area contributed by atoms with Gasteiger partial charge in [0.25, 0.3) is 0 Å². The summed E-state index contributed by atoms with van der Waals surface area (Å²) in [6, 6.07) is -1.04. The van der Waals surface area contributed by atoms with Crippen molar-refractivity contribution in [1.82, 2.24) is 35.8 Å². The van der Waals surface area contributed by atoms with Crippen LogP contribution in [0.3, 0.4) is 0 Å². The zero-order valence-corrected chi connectivity index (χ0v) is 9.31. The Bertz CT molecular complexity index is 505. The molecule has 0 bridgehead atoms. The van der Waals surface area contributed by atoms with Gasteiger partial charge in [0.1, 0.15) is 6.33 Å². The number of azo groups is 1. The number of esters is 1. The standard InChI is InChI=1S/C7H9N9O2/c1-2-18-6(17)4(5-8-3-9-11-5)10-12-7-13-15-16-14-7/h3-4H,2H2,1H3,(H,8,9,11)(H,13,14,15,16). The average Bonchev–Trinajstić information content (AvgIpc) is 3.01. The number of carbonyl (C=O) groups excluding carboxylic acids is 1. The molecule has 18 heavy (non-hydrogen) atoms. The maximum atomic E-state index is 11.7. The summed E-state index contributed by atoms with van der Waals surface area (Å²) in [6.45, 7) is 1.91. The highest BCUT2D eigenvalue weighted by Crippen LogP contribution is 2.16. The highest BCUT2D eigenvalue weighted by atomic mass is 16.5. The quantitative estimate of drug-likeness (QED) is 0.547. The fourth-order valence-corrected chi connectivity index (χ4v) is 1.09. The summed E-state index contributed by atoms with van der Waals surface area (Å²) >= 11 is 0. The minimum absolute atomic E-state index is 0.00353. The zero-order valence-electron chi connectivity index (χ0n) is 9.31. The summed E-state index contributed by atoms with van der Waals surface area (Å²) in [6.07, 6.45) is 1.26. The van der Waals surface area contributed by atoms with Crippen LogP contribution in [0.25, 0.3) is 0 Å². The second-order valence-electron chi connectivity index (χ2n) is 2.95. The number of tetrazole rings is 1. The molecule has 0 fully saturated rings. The van der Waals surface area contributed by atoms with E-state index in [2.05, 4.69) is 46.0 Å². The van der Waals surface area contributed by atoms with Crippen molar-refractivity contribution in [1.29, 1.82) is 0 Å². The van der Waals surface area contributed by atoms with Gasteiger partial charge in [-0.15, -0.1) is 10.2 Å². The molecule has 11 nitrogen and oxygen atoms in total. The Hall–Kier alpha value is -2.72. The van der Waals surface area contributed by atoms with Crippen molar-refractivity contribution in [3.63, 3.8) is 0 Å². The van der Waals surface area contributed by atoms with Gasteiger partial charge in [0.05, 0.1) is 6.61 Å². The third-order valence-corrected chi connectivity index (χ3v) is 1.80. The molecule has 0 aliphatic carbocycles. The van der Waals surface area contributed by atoms with Crippen LogP contribution in [0, 0.1) is 0 Å². The number of nitrogens with zero attached hydrogens (tertiary/aromatic N) is 7. The predicted molar refractivity (Wildman–Crippen MR) is 54.5 cm³/mol. The maximum Gasteiger partial charge on any atom is 0.340 e. The van der Waals surface area contributed by atoms with E-state index in [9.17, 15) is 4.79 Å². The maximum absolute atomic E-state index is 11.7. The third kappa shape index (κ3) is 2.69. The molecule has 0 aromatic carbocycles. The van der Waals surface area contributed by atoms with E-state index >= 15 is 0 Å². The fraction of sp³-hybridized carbons (Fsp3) is 0.429. The van der Waals surface area contributed by atoms with E-state index in [1.165, 1.54) is 6.33 Å². The van der Waals surface area contributed by atoms with E-state index in [0.29, 0.717) is 0 Å². The lowest BCUT2D eigenvalue weighted by molar-refractivity contribution is -0.145. The summed E-state index contributed by atoms with van der Waals surface area (Å²) in [7, 11) is 0. The topological polar surface area (TPSA) is 147 Å². The number of carbonyl (C=O) groups is 1. The molecule has 0 radical (unpaired) electrons. The Morgan fingerprint density at radius 2 is 2.50 bits per heavy atom. The van der Waals surface area contributed by atoms with Gasteiger partial charge >= 0.3 is 11.9 Å². The van der Waals surface area contributed by atoms with Crippen LogP contribution < -0.4 is 0 Å². The molecule has 2 aromatic heterocycles. The van der Waals surface area contributed by atoms with E-state index in [-0.39, 0.29) is 18.4 Å². The monoisotopic (exact) mass is 251 g/mol. The molecular weight excluding hydrogens is 242 g/mol. The summed E-state index contributed by atoms with van der Waals surface area (Å²) in [5.74, 6) is -0.369. The summed E-state index contributed by atoms with van der Waals surface area (Å²) in [4.78, 5) is 15.5. The molecule has 2 N–H and O–H groups in total. The molecule has 2 aromatic rings. The Kier molecular flexibility index (Phi) is 3.63. The van der Waals surface area contributed by atoms with E-state index in [4.69, 9.17) is 4.74 Å². The van der Waals surface area contributed by atoms with E-state index in [1.807, 2.05) is 0 Å². The highest BCUT2D eigenvalue weighted by Gasteiger charge is 2.24. The van der Waals surface area contributed by atoms with Crippen molar-refractivity contribution >= 4 is 11.9 Å². The normalized spacial score (nSPS) is 12.7. The number of rotatable bonds is 5. The van der Waals surface area contributed by atoms with Crippen molar-refractivity contribution in [2.75, 3.05) is 6.61 Å². The van der Waals surface area contributed by atoms with Crippen LogP contribution in [-0.4, -0.2) is 48.4 Å². The Morgan fingerprint density at radius 1 is 1.61 bits per heavy atom. The van der Waals surface area contributed by atoms with Gasteiger partial charge in [-0.1, -0.05) is 5.10 Å². The first-order valence-electron chi connectivity index (χ1n) is 4.97. The Labute approximate surface area is 100 Å². The molecule has 1 atom stereocenters. The smallest absolute Gasteiger partial charge is 0.340 e. The molecule has 11 heteroatoms. The minimum atomic E-state index is -1.04. The van der Waals surface area contributed by atoms with Crippen LogP contribution in [0.15, 0.2) is 16.6 Å². The molecule has 0 aliphatic rings. The molecule has 0 saturated heterocycles.